The molecule has 0 amide bonds. The number of aryl methyl sites for hydroxylation is 1. The van der Waals surface area contributed by atoms with Gasteiger partial charge in [0.05, 0.1) is 6.04 Å². The largest absolute Gasteiger partial charge is 0.354 e. The maximum absolute atomic E-state index is 13.5. The van der Waals surface area contributed by atoms with Crippen molar-refractivity contribution in [3.05, 3.63) is 71.0 Å². The van der Waals surface area contributed by atoms with Crippen molar-refractivity contribution in [2.75, 3.05) is 27.7 Å². The smallest absolute Gasteiger partial charge is 0.191 e. The minimum atomic E-state index is -0.216. The summed E-state index contributed by atoms with van der Waals surface area (Å²) in [5.74, 6) is 0.509. The third kappa shape index (κ3) is 5.87. The number of nitrogens with one attached hydrogen (secondary N) is 2. The summed E-state index contributed by atoms with van der Waals surface area (Å²) in [7, 11) is 5.72. The molecule has 134 valence electrons. The van der Waals surface area contributed by atoms with E-state index in [1.807, 2.05) is 20.2 Å². The Bertz CT molecular complexity index is 695. The maximum Gasteiger partial charge on any atom is 0.191 e. The zero-order chi connectivity index (χ0) is 18.2. The Morgan fingerprint density at radius 2 is 1.84 bits per heavy atom. The van der Waals surface area contributed by atoms with Gasteiger partial charge in [0.1, 0.15) is 5.82 Å². The summed E-state index contributed by atoms with van der Waals surface area (Å²) >= 11 is 0. The van der Waals surface area contributed by atoms with Crippen LogP contribution >= 0.6 is 0 Å². The third-order valence-electron chi connectivity index (χ3n) is 4.12. The lowest BCUT2D eigenvalue weighted by molar-refractivity contribution is 0.297. The van der Waals surface area contributed by atoms with Gasteiger partial charge in [-0.25, -0.2) is 4.39 Å². The summed E-state index contributed by atoms with van der Waals surface area (Å²) in [6.45, 7) is 3.40. The molecular weight excluding hydrogens is 315 g/mol. The summed E-state index contributed by atoms with van der Waals surface area (Å²) in [6, 6.07) is 15.2. The fourth-order valence-electron chi connectivity index (χ4n) is 2.62. The average molecular weight is 342 g/mol. The highest BCUT2D eigenvalue weighted by Gasteiger charge is 2.15. The average Bonchev–Trinajstić information content (AvgIpc) is 2.59. The molecule has 4 nitrogen and oxygen atoms in total. The molecule has 0 radical (unpaired) electrons. The molecule has 1 atom stereocenters. The summed E-state index contributed by atoms with van der Waals surface area (Å²) < 4.78 is 13.5. The molecule has 2 N–H and O–H groups in total. The Kier molecular flexibility index (Phi) is 6.95. The van der Waals surface area contributed by atoms with Gasteiger partial charge < -0.3 is 15.5 Å². The van der Waals surface area contributed by atoms with Gasteiger partial charge in [0.15, 0.2) is 5.96 Å². The van der Waals surface area contributed by atoms with Crippen molar-refractivity contribution < 1.29 is 4.39 Å². The summed E-state index contributed by atoms with van der Waals surface area (Å²) in [4.78, 5) is 6.33. The number of guanidine groups is 1. The predicted octanol–water partition coefficient (Wildman–Crippen LogP) is 3.10. The van der Waals surface area contributed by atoms with Crippen LogP contribution in [0.15, 0.2) is 53.5 Å². The molecule has 0 bridgehead atoms. The fraction of sp³-hybridized carbons (Fsp3) is 0.350. The third-order valence-corrected chi connectivity index (χ3v) is 4.12. The van der Waals surface area contributed by atoms with Crippen LogP contribution in [0.3, 0.4) is 0 Å². The normalized spacial score (nSPS) is 13.0. The van der Waals surface area contributed by atoms with E-state index >= 15 is 0 Å². The van der Waals surface area contributed by atoms with Crippen molar-refractivity contribution in [2.24, 2.45) is 4.99 Å². The number of hydrogen-bond donors (Lipinski definition) is 2. The Labute approximate surface area is 149 Å². The molecule has 0 aromatic heterocycles. The van der Waals surface area contributed by atoms with Gasteiger partial charge >= 0.3 is 0 Å². The summed E-state index contributed by atoms with van der Waals surface area (Å²) in [5, 5.41) is 6.63. The molecule has 0 saturated carbocycles. The van der Waals surface area contributed by atoms with Crippen LogP contribution in [0.4, 0.5) is 4.39 Å². The van der Waals surface area contributed by atoms with Crippen LogP contribution in [0.25, 0.3) is 0 Å². The molecule has 5 heteroatoms. The summed E-state index contributed by atoms with van der Waals surface area (Å²) in [5.41, 5.74) is 3.38. The first-order valence-corrected chi connectivity index (χ1v) is 8.41. The van der Waals surface area contributed by atoms with Gasteiger partial charge in [-0.15, -0.1) is 0 Å². The molecule has 0 aliphatic carbocycles. The van der Waals surface area contributed by atoms with E-state index in [2.05, 4.69) is 51.7 Å². The molecule has 0 saturated heterocycles. The van der Waals surface area contributed by atoms with E-state index in [-0.39, 0.29) is 11.9 Å². The molecule has 0 aliphatic rings. The van der Waals surface area contributed by atoms with E-state index in [1.54, 1.807) is 19.2 Å². The molecule has 25 heavy (non-hydrogen) atoms. The first kappa shape index (κ1) is 18.9. The van der Waals surface area contributed by atoms with E-state index in [9.17, 15) is 4.39 Å². The van der Waals surface area contributed by atoms with Crippen molar-refractivity contribution in [2.45, 2.75) is 19.5 Å². The number of aliphatic imine (C=N–C) groups is 1. The molecule has 0 heterocycles. The van der Waals surface area contributed by atoms with Crippen LogP contribution in [0.5, 0.6) is 0 Å². The standard InChI is InChI=1S/C20H27FN4/c1-15-8-10-16(11-9-15)13-23-20(22-2)24-14-19(25(3)4)17-6-5-7-18(21)12-17/h5-12,19H,13-14H2,1-4H3,(H2,22,23,24). The second-order valence-corrected chi connectivity index (χ2v) is 6.33. The molecule has 2 rings (SSSR count). The first-order valence-electron chi connectivity index (χ1n) is 8.41. The minimum Gasteiger partial charge on any atom is -0.354 e. The van der Waals surface area contributed by atoms with Crippen LogP contribution in [-0.2, 0) is 6.54 Å². The Hall–Kier alpha value is -2.40. The lowest BCUT2D eigenvalue weighted by Crippen LogP contribution is -2.41. The van der Waals surface area contributed by atoms with Crippen LogP contribution in [-0.4, -0.2) is 38.5 Å². The van der Waals surface area contributed by atoms with Crippen LogP contribution < -0.4 is 10.6 Å². The van der Waals surface area contributed by atoms with Gasteiger partial charge in [0, 0.05) is 20.1 Å². The number of hydrogen-bond acceptors (Lipinski definition) is 2. The second-order valence-electron chi connectivity index (χ2n) is 6.33. The van der Waals surface area contributed by atoms with Gasteiger partial charge in [-0.2, -0.15) is 0 Å². The van der Waals surface area contributed by atoms with Gasteiger partial charge in [0.2, 0.25) is 0 Å². The van der Waals surface area contributed by atoms with Crippen LogP contribution in [0, 0.1) is 12.7 Å². The Morgan fingerprint density at radius 3 is 2.44 bits per heavy atom. The highest BCUT2D eigenvalue weighted by atomic mass is 19.1. The second kappa shape index (κ2) is 9.18. The highest BCUT2D eigenvalue weighted by molar-refractivity contribution is 5.79. The predicted molar refractivity (Wildman–Crippen MR) is 102 cm³/mol. The van der Waals surface area contributed by atoms with Crippen molar-refractivity contribution in [1.29, 1.82) is 0 Å². The number of halogens is 1. The molecular formula is C20H27FN4. The first-order chi connectivity index (χ1) is 12.0. The topological polar surface area (TPSA) is 39.7 Å². The maximum atomic E-state index is 13.5. The van der Waals surface area contributed by atoms with Crippen molar-refractivity contribution >= 4 is 5.96 Å². The van der Waals surface area contributed by atoms with Crippen molar-refractivity contribution in [3.63, 3.8) is 0 Å². The van der Waals surface area contributed by atoms with Gasteiger partial charge in [-0.3, -0.25) is 4.99 Å². The molecule has 2 aromatic carbocycles. The molecule has 2 aromatic rings. The van der Waals surface area contributed by atoms with Gasteiger partial charge in [-0.1, -0.05) is 42.0 Å². The molecule has 0 fully saturated rings. The summed E-state index contributed by atoms with van der Waals surface area (Å²) in [6.07, 6.45) is 0. The van der Waals surface area contributed by atoms with E-state index in [1.165, 1.54) is 17.2 Å². The lowest BCUT2D eigenvalue weighted by atomic mass is 10.1. The zero-order valence-corrected chi connectivity index (χ0v) is 15.4. The van der Waals surface area contributed by atoms with E-state index < -0.39 is 0 Å². The fourth-order valence-corrected chi connectivity index (χ4v) is 2.62. The minimum absolute atomic E-state index is 0.0497. The Balaban J connectivity index is 1.94. The highest BCUT2D eigenvalue weighted by Crippen LogP contribution is 2.18. The van der Waals surface area contributed by atoms with Crippen LogP contribution in [0.1, 0.15) is 22.7 Å². The monoisotopic (exact) mass is 342 g/mol. The van der Waals surface area contributed by atoms with Gasteiger partial charge in [-0.05, 0) is 44.3 Å². The number of rotatable bonds is 6. The zero-order valence-electron chi connectivity index (χ0n) is 15.4. The van der Waals surface area contributed by atoms with Crippen molar-refractivity contribution in [1.82, 2.24) is 15.5 Å². The SMILES string of the molecule is CN=C(NCc1ccc(C)cc1)NCC(c1cccc(F)c1)N(C)C. The van der Waals surface area contributed by atoms with Gasteiger partial charge in [0.25, 0.3) is 0 Å². The van der Waals surface area contributed by atoms with E-state index in [4.69, 9.17) is 0 Å². The lowest BCUT2D eigenvalue weighted by Gasteiger charge is -2.26. The number of benzene rings is 2. The molecule has 0 spiro atoms. The number of nitrogens with zero attached hydrogens (tertiary/aromatic N) is 2. The molecule has 1 unspecified atom stereocenters. The van der Waals surface area contributed by atoms with E-state index in [0.717, 1.165) is 11.5 Å². The Morgan fingerprint density at radius 1 is 1.12 bits per heavy atom. The van der Waals surface area contributed by atoms with E-state index in [0.29, 0.717) is 13.1 Å². The molecule has 0 aliphatic heterocycles. The quantitative estimate of drug-likeness (QED) is 0.626. The van der Waals surface area contributed by atoms with Crippen LogP contribution in [0.2, 0.25) is 0 Å². The van der Waals surface area contributed by atoms with Crippen molar-refractivity contribution in [3.8, 4) is 0 Å². The number of likely N-dealkylation sites (N-methyl/N-ethyl adjacent to an activating group) is 1.